The van der Waals surface area contributed by atoms with Crippen LogP contribution in [-0.2, 0) is 11.2 Å². The van der Waals surface area contributed by atoms with E-state index in [0.717, 1.165) is 16.7 Å². The quantitative estimate of drug-likeness (QED) is 0.564. The van der Waals surface area contributed by atoms with Gasteiger partial charge < -0.3 is 5.73 Å². The highest BCUT2D eigenvalue weighted by atomic mass is 32.1. The molecule has 0 saturated heterocycles. The first-order valence-electron chi connectivity index (χ1n) is 8.97. The van der Waals surface area contributed by atoms with Gasteiger partial charge >= 0.3 is 0 Å². The molecule has 2 aromatic carbocycles. The van der Waals surface area contributed by atoms with Crippen LogP contribution in [-0.4, -0.2) is 15.5 Å². The Morgan fingerprint density at radius 1 is 1.11 bits per heavy atom. The molecule has 140 valence electrons. The molecule has 0 bridgehead atoms. The lowest BCUT2D eigenvalue weighted by Crippen LogP contribution is -2.35. The van der Waals surface area contributed by atoms with Gasteiger partial charge in [0.1, 0.15) is 16.7 Å². The summed E-state index contributed by atoms with van der Waals surface area (Å²) in [6, 6.07) is 18.7. The lowest BCUT2D eigenvalue weighted by atomic mass is 10.1. The van der Waals surface area contributed by atoms with Crippen LogP contribution < -0.4 is 11.3 Å². The smallest absolute Gasteiger partial charge is 0.263 e. The van der Waals surface area contributed by atoms with Gasteiger partial charge in [-0.25, -0.2) is 4.98 Å². The normalized spacial score (nSPS) is 12.2. The summed E-state index contributed by atoms with van der Waals surface area (Å²) < 4.78 is 1.44. The number of primary amides is 1. The molecule has 0 aliphatic carbocycles. The Morgan fingerprint density at radius 2 is 1.75 bits per heavy atom. The van der Waals surface area contributed by atoms with E-state index in [9.17, 15) is 9.59 Å². The van der Waals surface area contributed by atoms with Crippen LogP contribution in [0.2, 0.25) is 0 Å². The minimum absolute atomic E-state index is 0.234. The number of hydrogen-bond acceptors (Lipinski definition) is 4. The van der Waals surface area contributed by atoms with Crippen LogP contribution in [0.15, 0.2) is 70.8 Å². The first-order chi connectivity index (χ1) is 13.6. The van der Waals surface area contributed by atoms with Gasteiger partial charge in [0.05, 0.1) is 5.39 Å². The number of fused-ring (bicyclic) bond motifs is 1. The van der Waals surface area contributed by atoms with Crippen LogP contribution in [0.4, 0.5) is 0 Å². The fourth-order valence-electron chi connectivity index (χ4n) is 3.31. The van der Waals surface area contributed by atoms with Crippen molar-refractivity contribution in [2.45, 2.75) is 19.4 Å². The van der Waals surface area contributed by atoms with E-state index in [-0.39, 0.29) is 5.56 Å². The van der Waals surface area contributed by atoms with Crippen molar-refractivity contribution in [1.82, 2.24) is 9.55 Å². The van der Waals surface area contributed by atoms with E-state index in [1.54, 1.807) is 6.92 Å². The number of nitrogens with two attached hydrogens (primary N) is 1. The first-order valence-corrected chi connectivity index (χ1v) is 9.85. The molecule has 0 aliphatic heterocycles. The maximum absolute atomic E-state index is 13.5. The molecule has 2 aromatic heterocycles. The summed E-state index contributed by atoms with van der Waals surface area (Å²) in [5, 5.41) is 2.47. The summed E-state index contributed by atoms with van der Waals surface area (Å²) in [5.74, 6) is -0.0227. The molecule has 0 aliphatic rings. The lowest BCUT2D eigenvalue weighted by Gasteiger charge is -2.17. The van der Waals surface area contributed by atoms with Gasteiger partial charge in [0.25, 0.3) is 5.56 Å². The SMILES string of the molecule is CC(C(N)=O)n1c(Cc2ccccc2)nc2scc(-c3ccccc3)c2c1=O. The predicted molar refractivity (Wildman–Crippen MR) is 112 cm³/mol. The van der Waals surface area contributed by atoms with Gasteiger partial charge in [-0.3, -0.25) is 14.2 Å². The zero-order valence-corrected chi connectivity index (χ0v) is 16.1. The number of carbonyl (C=O) groups is 1. The third-order valence-corrected chi connectivity index (χ3v) is 5.67. The maximum Gasteiger partial charge on any atom is 0.263 e. The van der Waals surface area contributed by atoms with Crippen molar-refractivity contribution < 1.29 is 4.79 Å². The van der Waals surface area contributed by atoms with E-state index in [1.165, 1.54) is 15.9 Å². The second-order valence-corrected chi connectivity index (χ2v) is 7.50. The zero-order chi connectivity index (χ0) is 19.7. The highest BCUT2D eigenvalue weighted by Crippen LogP contribution is 2.31. The highest BCUT2D eigenvalue weighted by Gasteiger charge is 2.22. The van der Waals surface area contributed by atoms with Gasteiger partial charge in [0.2, 0.25) is 5.91 Å². The summed E-state index contributed by atoms with van der Waals surface area (Å²) in [5.41, 5.74) is 8.10. The second kappa shape index (κ2) is 7.40. The Balaban J connectivity index is 1.96. The Morgan fingerprint density at radius 3 is 2.39 bits per heavy atom. The summed E-state index contributed by atoms with van der Waals surface area (Å²) in [7, 11) is 0. The molecule has 0 spiro atoms. The summed E-state index contributed by atoms with van der Waals surface area (Å²) in [4.78, 5) is 30.8. The van der Waals surface area contributed by atoms with Gasteiger partial charge in [0.15, 0.2) is 0 Å². The Kier molecular flexibility index (Phi) is 4.79. The molecule has 4 aromatic rings. The molecular weight excluding hydrogens is 370 g/mol. The van der Waals surface area contributed by atoms with Gasteiger partial charge in [-0.05, 0) is 18.1 Å². The average Bonchev–Trinajstić information content (AvgIpc) is 3.13. The van der Waals surface area contributed by atoms with E-state index in [0.29, 0.717) is 22.5 Å². The molecule has 0 radical (unpaired) electrons. The van der Waals surface area contributed by atoms with E-state index in [2.05, 4.69) is 0 Å². The van der Waals surface area contributed by atoms with Crippen molar-refractivity contribution in [3.8, 4) is 11.1 Å². The molecule has 1 atom stereocenters. The van der Waals surface area contributed by atoms with Crippen molar-refractivity contribution in [2.24, 2.45) is 5.73 Å². The van der Waals surface area contributed by atoms with Crippen LogP contribution in [0.1, 0.15) is 24.4 Å². The van der Waals surface area contributed by atoms with Crippen LogP contribution in [0.5, 0.6) is 0 Å². The van der Waals surface area contributed by atoms with Gasteiger partial charge in [0, 0.05) is 17.4 Å². The molecule has 6 heteroatoms. The lowest BCUT2D eigenvalue weighted by molar-refractivity contribution is -0.120. The van der Waals surface area contributed by atoms with Crippen molar-refractivity contribution in [3.05, 3.63) is 87.8 Å². The molecule has 1 amide bonds. The van der Waals surface area contributed by atoms with Gasteiger partial charge in [-0.1, -0.05) is 60.7 Å². The number of nitrogens with zero attached hydrogens (tertiary/aromatic N) is 2. The van der Waals surface area contributed by atoms with E-state index < -0.39 is 11.9 Å². The number of rotatable bonds is 5. The molecule has 4 rings (SSSR count). The van der Waals surface area contributed by atoms with E-state index >= 15 is 0 Å². The minimum atomic E-state index is -0.786. The number of amides is 1. The molecular formula is C22H19N3O2S. The molecule has 0 fully saturated rings. The second-order valence-electron chi connectivity index (χ2n) is 6.64. The predicted octanol–water partition coefficient (Wildman–Crippen LogP) is 3.76. The Labute approximate surface area is 166 Å². The molecule has 1 unspecified atom stereocenters. The number of benzene rings is 2. The zero-order valence-electron chi connectivity index (χ0n) is 15.3. The van der Waals surface area contributed by atoms with Crippen LogP contribution in [0, 0.1) is 0 Å². The average molecular weight is 389 g/mol. The number of hydrogen-bond donors (Lipinski definition) is 1. The molecule has 5 nitrogen and oxygen atoms in total. The van der Waals surface area contributed by atoms with Crippen LogP contribution >= 0.6 is 11.3 Å². The number of carbonyl (C=O) groups excluding carboxylic acids is 1. The third-order valence-electron chi connectivity index (χ3n) is 4.80. The first kappa shape index (κ1) is 18.1. The van der Waals surface area contributed by atoms with Gasteiger partial charge in [-0.15, -0.1) is 11.3 Å². The van der Waals surface area contributed by atoms with Crippen molar-refractivity contribution >= 4 is 27.5 Å². The topological polar surface area (TPSA) is 78.0 Å². The van der Waals surface area contributed by atoms with Crippen molar-refractivity contribution in [1.29, 1.82) is 0 Å². The van der Waals surface area contributed by atoms with Crippen molar-refractivity contribution in [3.63, 3.8) is 0 Å². The summed E-state index contributed by atoms with van der Waals surface area (Å²) >= 11 is 1.44. The monoisotopic (exact) mass is 389 g/mol. The molecule has 2 N–H and O–H groups in total. The largest absolute Gasteiger partial charge is 0.368 e. The minimum Gasteiger partial charge on any atom is -0.368 e. The number of aromatic nitrogens is 2. The van der Waals surface area contributed by atoms with Crippen molar-refractivity contribution in [2.75, 3.05) is 0 Å². The highest BCUT2D eigenvalue weighted by molar-refractivity contribution is 7.17. The molecule has 28 heavy (non-hydrogen) atoms. The molecule has 0 saturated carbocycles. The van der Waals surface area contributed by atoms with Gasteiger partial charge in [-0.2, -0.15) is 0 Å². The third kappa shape index (κ3) is 3.23. The number of thiophene rings is 1. The maximum atomic E-state index is 13.5. The Bertz CT molecular complexity index is 1200. The van der Waals surface area contributed by atoms with E-state index in [4.69, 9.17) is 10.7 Å². The summed E-state index contributed by atoms with van der Waals surface area (Å²) in [6.07, 6.45) is 0.447. The fourth-order valence-corrected chi connectivity index (χ4v) is 4.26. The van der Waals surface area contributed by atoms with Crippen LogP contribution in [0.25, 0.3) is 21.3 Å². The Hall–Kier alpha value is -3.25. The summed E-state index contributed by atoms with van der Waals surface area (Å²) in [6.45, 7) is 1.64. The fraction of sp³-hybridized carbons (Fsp3) is 0.136. The molecule has 2 heterocycles. The van der Waals surface area contributed by atoms with Crippen LogP contribution in [0.3, 0.4) is 0 Å². The standard InChI is InChI=1S/C22H19N3O2S/c1-14(20(23)26)25-18(12-15-8-4-2-5-9-15)24-21-19(22(25)27)17(13-28-21)16-10-6-3-7-11-16/h2-11,13-14H,12H2,1H3,(H2,23,26). The van der Waals surface area contributed by atoms with E-state index in [1.807, 2.05) is 66.0 Å².